The maximum atomic E-state index is 13.1. The Hall–Kier alpha value is -0.640. The number of likely N-dealkylation sites (N-methyl/N-ethyl adjacent to an activating group) is 1. The Morgan fingerprint density at radius 1 is 1.39 bits per heavy atom. The largest absolute Gasteiger partial charge is 0.382 e. The Morgan fingerprint density at radius 3 is 2.67 bits per heavy atom. The summed E-state index contributed by atoms with van der Waals surface area (Å²) in [5.74, 6) is -0.366. The number of hydrogen-bond donors (Lipinski definition) is 1. The van der Waals surface area contributed by atoms with Gasteiger partial charge in [0.25, 0.3) is 0 Å². The molecule has 0 aliphatic carbocycles. The van der Waals surface area contributed by atoms with E-state index in [0.29, 0.717) is 6.04 Å². The first-order valence-corrected chi connectivity index (χ1v) is 6.58. The quantitative estimate of drug-likeness (QED) is 0.822. The topological polar surface area (TPSA) is 21.3 Å². The lowest BCUT2D eigenvalue weighted by Gasteiger charge is -2.18. The van der Waals surface area contributed by atoms with Crippen molar-refractivity contribution in [3.8, 4) is 0 Å². The Balaban J connectivity index is 2.54. The van der Waals surface area contributed by atoms with E-state index in [1.54, 1.807) is 19.2 Å². The van der Waals surface area contributed by atoms with Crippen molar-refractivity contribution in [2.75, 3.05) is 14.2 Å². The predicted octanol–water partition coefficient (Wildman–Crippen LogP) is 3.42. The summed E-state index contributed by atoms with van der Waals surface area (Å²) < 4.78 is 18.3. The van der Waals surface area contributed by atoms with Gasteiger partial charge in [0.1, 0.15) is 5.82 Å². The van der Waals surface area contributed by atoms with Crippen LogP contribution in [-0.4, -0.2) is 26.3 Å². The van der Waals surface area contributed by atoms with Gasteiger partial charge in [-0.05, 0) is 50.9 Å². The molecular weight excluding hydrogens is 253 g/mol. The molecule has 1 aromatic carbocycles. The fourth-order valence-corrected chi connectivity index (χ4v) is 2.06. The van der Waals surface area contributed by atoms with Gasteiger partial charge in [-0.2, -0.15) is 0 Å². The molecule has 0 saturated carbocycles. The van der Waals surface area contributed by atoms with Crippen LogP contribution in [0.3, 0.4) is 0 Å². The molecule has 2 nitrogen and oxygen atoms in total. The number of rotatable bonds is 7. The van der Waals surface area contributed by atoms with Crippen LogP contribution in [0.2, 0.25) is 5.02 Å². The predicted molar refractivity (Wildman–Crippen MR) is 73.7 cm³/mol. The van der Waals surface area contributed by atoms with Crippen molar-refractivity contribution in [1.29, 1.82) is 0 Å². The summed E-state index contributed by atoms with van der Waals surface area (Å²) in [7, 11) is 3.66. The van der Waals surface area contributed by atoms with Crippen molar-refractivity contribution in [2.24, 2.45) is 0 Å². The third-order valence-corrected chi connectivity index (χ3v) is 3.49. The molecule has 0 radical (unpaired) electrons. The van der Waals surface area contributed by atoms with Gasteiger partial charge in [-0.3, -0.25) is 0 Å². The third kappa shape index (κ3) is 4.92. The highest BCUT2D eigenvalue weighted by atomic mass is 35.5. The highest BCUT2D eigenvalue weighted by Crippen LogP contribution is 2.18. The molecule has 1 rings (SSSR count). The lowest BCUT2D eigenvalue weighted by atomic mass is 10.0. The number of benzene rings is 1. The minimum absolute atomic E-state index is 0.188. The first kappa shape index (κ1) is 15.4. The molecule has 0 aliphatic rings. The van der Waals surface area contributed by atoms with Gasteiger partial charge in [-0.25, -0.2) is 4.39 Å². The molecule has 0 saturated heterocycles. The number of methoxy groups -OCH3 is 1. The van der Waals surface area contributed by atoms with E-state index < -0.39 is 0 Å². The molecule has 0 aromatic heterocycles. The van der Waals surface area contributed by atoms with Gasteiger partial charge >= 0.3 is 0 Å². The second-order valence-corrected chi connectivity index (χ2v) is 4.97. The van der Waals surface area contributed by atoms with Crippen molar-refractivity contribution in [1.82, 2.24) is 5.32 Å². The third-order valence-electron chi connectivity index (χ3n) is 3.20. The fourth-order valence-electron chi connectivity index (χ4n) is 1.85. The van der Waals surface area contributed by atoms with Crippen LogP contribution in [0.4, 0.5) is 4.39 Å². The van der Waals surface area contributed by atoms with Gasteiger partial charge in [-0.1, -0.05) is 17.7 Å². The molecular formula is C14H21ClFNO. The van der Waals surface area contributed by atoms with Gasteiger partial charge < -0.3 is 10.1 Å². The van der Waals surface area contributed by atoms with Crippen molar-refractivity contribution >= 4 is 11.6 Å². The molecule has 1 aromatic rings. The van der Waals surface area contributed by atoms with Crippen LogP contribution < -0.4 is 5.32 Å². The summed E-state index contributed by atoms with van der Waals surface area (Å²) in [5, 5.41) is 3.46. The molecule has 0 heterocycles. The Kier molecular flexibility index (Phi) is 6.61. The minimum atomic E-state index is -0.366. The lowest BCUT2D eigenvalue weighted by Crippen LogP contribution is -2.28. The van der Waals surface area contributed by atoms with Crippen LogP contribution in [0, 0.1) is 5.82 Å². The van der Waals surface area contributed by atoms with Gasteiger partial charge in [0.2, 0.25) is 0 Å². The maximum Gasteiger partial charge on any atom is 0.141 e. The standard InChI is InChI=1S/C14H21ClFNO/c1-10(18-3)4-6-12(17-2)8-11-5-7-14(16)13(15)9-11/h5,7,9-10,12,17H,4,6,8H2,1-3H3. The van der Waals surface area contributed by atoms with Crippen LogP contribution >= 0.6 is 11.6 Å². The Labute approximate surface area is 113 Å². The SMILES string of the molecule is CNC(CCC(C)OC)Cc1ccc(F)c(Cl)c1. The van der Waals surface area contributed by atoms with E-state index in [4.69, 9.17) is 16.3 Å². The first-order valence-electron chi connectivity index (χ1n) is 6.20. The van der Waals surface area contributed by atoms with E-state index in [-0.39, 0.29) is 16.9 Å². The summed E-state index contributed by atoms with van der Waals surface area (Å²) in [6.45, 7) is 2.06. The van der Waals surface area contributed by atoms with Gasteiger partial charge in [0.05, 0.1) is 11.1 Å². The average molecular weight is 274 g/mol. The van der Waals surface area contributed by atoms with E-state index >= 15 is 0 Å². The highest BCUT2D eigenvalue weighted by molar-refractivity contribution is 6.30. The summed E-state index contributed by atoms with van der Waals surface area (Å²) in [5.41, 5.74) is 1.05. The van der Waals surface area contributed by atoms with E-state index in [2.05, 4.69) is 12.2 Å². The Bertz CT molecular complexity index is 373. The zero-order chi connectivity index (χ0) is 13.5. The molecule has 0 bridgehead atoms. The first-order chi connectivity index (χ1) is 8.56. The summed E-state index contributed by atoms with van der Waals surface area (Å²) in [6.07, 6.45) is 3.11. The molecule has 2 unspecified atom stereocenters. The normalized spacial score (nSPS) is 14.5. The van der Waals surface area contributed by atoms with E-state index in [9.17, 15) is 4.39 Å². The van der Waals surface area contributed by atoms with E-state index in [0.717, 1.165) is 24.8 Å². The molecule has 0 aliphatic heterocycles. The maximum absolute atomic E-state index is 13.1. The van der Waals surface area contributed by atoms with Crippen LogP contribution in [0.25, 0.3) is 0 Å². The molecule has 0 amide bonds. The van der Waals surface area contributed by atoms with Gasteiger partial charge in [0.15, 0.2) is 0 Å². The summed E-state index contributed by atoms with van der Waals surface area (Å²) in [6, 6.07) is 5.25. The van der Waals surface area contributed by atoms with E-state index in [1.165, 1.54) is 6.07 Å². The highest BCUT2D eigenvalue weighted by Gasteiger charge is 2.11. The number of hydrogen-bond acceptors (Lipinski definition) is 2. The molecule has 2 atom stereocenters. The Morgan fingerprint density at radius 2 is 2.11 bits per heavy atom. The molecule has 1 N–H and O–H groups in total. The molecule has 0 spiro atoms. The number of nitrogens with one attached hydrogen (secondary N) is 1. The second-order valence-electron chi connectivity index (χ2n) is 4.56. The van der Waals surface area contributed by atoms with Gasteiger partial charge in [-0.15, -0.1) is 0 Å². The average Bonchev–Trinajstić information content (AvgIpc) is 2.38. The molecule has 102 valence electrons. The minimum Gasteiger partial charge on any atom is -0.382 e. The zero-order valence-electron chi connectivity index (χ0n) is 11.2. The number of ether oxygens (including phenoxy) is 1. The smallest absolute Gasteiger partial charge is 0.141 e. The fraction of sp³-hybridized carbons (Fsp3) is 0.571. The van der Waals surface area contributed by atoms with Gasteiger partial charge in [0, 0.05) is 13.2 Å². The van der Waals surface area contributed by atoms with Crippen LogP contribution in [0.15, 0.2) is 18.2 Å². The van der Waals surface area contributed by atoms with Crippen molar-refractivity contribution in [2.45, 2.75) is 38.3 Å². The monoisotopic (exact) mass is 273 g/mol. The zero-order valence-corrected chi connectivity index (χ0v) is 11.9. The summed E-state index contributed by atoms with van der Waals surface area (Å²) >= 11 is 5.78. The van der Waals surface area contributed by atoms with Crippen LogP contribution in [-0.2, 0) is 11.2 Å². The molecule has 4 heteroatoms. The van der Waals surface area contributed by atoms with E-state index in [1.807, 2.05) is 7.05 Å². The van der Waals surface area contributed by atoms with Crippen molar-refractivity contribution in [3.05, 3.63) is 34.6 Å². The summed E-state index contributed by atoms with van der Waals surface area (Å²) in [4.78, 5) is 0. The van der Waals surface area contributed by atoms with Crippen molar-refractivity contribution in [3.63, 3.8) is 0 Å². The van der Waals surface area contributed by atoms with Crippen LogP contribution in [0.1, 0.15) is 25.3 Å². The van der Waals surface area contributed by atoms with Crippen molar-refractivity contribution < 1.29 is 9.13 Å². The molecule has 18 heavy (non-hydrogen) atoms. The second kappa shape index (κ2) is 7.72. The molecule has 0 fully saturated rings. The van der Waals surface area contributed by atoms with Crippen LogP contribution in [0.5, 0.6) is 0 Å². The number of halogens is 2. The lowest BCUT2D eigenvalue weighted by molar-refractivity contribution is 0.106.